The molecule has 148 valence electrons. The first kappa shape index (κ1) is 19.9. The topological polar surface area (TPSA) is 55.8 Å². The lowest BCUT2D eigenvalue weighted by Gasteiger charge is -2.24. The number of aryl methyl sites for hydroxylation is 2. The zero-order valence-corrected chi connectivity index (χ0v) is 16.5. The Hall–Kier alpha value is -2.82. The molecule has 28 heavy (non-hydrogen) atoms. The van der Waals surface area contributed by atoms with Crippen LogP contribution in [-0.4, -0.2) is 36.0 Å². The Morgan fingerprint density at radius 3 is 2.32 bits per heavy atom. The van der Waals surface area contributed by atoms with E-state index in [0.29, 0.717) is 26.0 Å². The van der Waals surface area contributed by atoms with Crippen LogP contribution in [-0.2, 0) is 20.9 Å². The van der Waals surface area contributed by atoms with Gasteiger partial charge in [0.2, 0.25) is 5.91 Å². The minimum absolute atomic E-state index is 0.0979. The summed E-state index contributed by atoms with van der Waals surface area (Å²) in [6.45, 7) is 5.10. The standard InChI is InChI=1S/C23H27NO4/c1-17-3-7-19(8-4-17)16-24-20(9-12-22(24)25)15-23(26)28-14-13-27-21-10-5-18(2)6-11-21/h3-8,10-11,20H,9,12-16H2,1-2H3. The molecule has 1 aliphatic rings. The van der Waals surface area contributed by atoms with Crippen molar-refractivity contribution in [3.05, 3.63) is 65.2 Å². The molecule has 5 nitrogen and oxygen atoms in total. The molecule has 1 saturated heterocycles. The van der Waals surface area contributed by atoms with Crippen LogP contribution in [0.3, 0.4) is 0 Å². The molecule has 3 rings (SSSR count). The summed E-state index contributed by atoms with van der Waals surface area (Å²) >= 11 is 0. The van der Waals surface area contributed by atoms with Gasteiger partial charge >= 0.3 is 5.97 Å². The Labute approximate surface area is 166 Å². The molecule has 1 unspecified atom stereocenters. The van der Waals surface area contributed by atoms with E-state index in [9.17, 15) is 9.59 Å². The molecule has 1 aliphatic heterocycles. The number of amides is 1. The summed E-state index contributed by atoms with van der Waals surface area (Å²) in [6.07, 6.45) is 1.40. The van der Waals surface area contributed by atoms with Crippen LogP contribution in [0.1, 0.15) is 36.0 Å². The fourth-order valence-corrected chi connectivity index (χ4v) is 3.31. The highest BCUT2D eigenvalue weighted by Crippen LogP contribution is 2.24. The maximum atomic E-state index is 12.2. The molecule has 1 atom stereocenters. The van der Waals surface area contributed by atoms with Crippen molar-refractivity contribution in [3.8, 4) is 5.75 Å². The largest absolute Gasteiger partial charge is 0.490 e. The Bertz CT molecular complexity index is 798. The molecule has 0 spiro atoms. The molecule has 5 heteroatoms. The summed E-state index contributed by atoms with van der Waals surface area (Å²) in [4.78, 5) is 26.2. The van der Waals surface area contributed by atoms with Crippen molar-refractivity contribution in [3.63, 3.8) is 0 Å². The molecule has 1 heterocycles. The van der Waals surface area contributed by atoms with Crippen molar-refractivity contribution >= 4 is 11.9 Å². The lowest BCUT2D eigenvalue weighted by Crippen LogP contribution is -2.34. The highest BCUT2D eigenvalue weighted by atomic mass is 16.6. The lowest BCUT2D eigenvalue weighted by molar-refractivity contribution is -0.146. The summed E-state index contributed by atoms with van der Waals surface area (Å²) in [5.41, 5.74) is 3.43. The SMILES string of the molecule is Cc1ccc(CN2C(=O)CCC2CC(=O)OCCOc2ccc(C)cc2)cc1. The molecule has 1 amide bonds. The number of likely N-dealkylation sites (tertiary alicyclic amines) is 1. The van der Waals surface area contributed by atoms with E-state index in [1.807, 2.05) is 62.4 Å². The van der Waals surface area contributed by atoms with Gasteiger partial charge in [-0.1, -0.05) is 47.5 Å². The number of hydrogen-bond acceptors (Lipinski definition) is 4. The fraction of sp³-hybridized carbons (Fsp3) is 0.391. The summed E-state index contributed by atoms with van der Waals surface area (Å²) in [5, 5.41) is 0. The minimum Gasteiger partial charge on any atom is -0.490 e. The first-order valence-corrected chi connectivity index (χ1v) is 9.71. The van der Waals surface area contributed by atoms with Gasteiger partial charge in [0, 0.05) is 19.0 Å². The van der Waals surface area contributed by atoms with Gasteiger partial charge in [0.05, 0.1) is 6.42 Å². The summed E-state index contributed by atoms with van der Waals surface area (Å²) in [6, 6.07) is 15.8. The quantitative estimate of drug-likeness (QED) is 0.515. The van der Waals surface area contributed by atoms with E-state index in [1.54, 1.807) is 4.90 Å². The predicted octanol–water partition coefficient (Wildman–Crippen LogP) is 3.81. The molecule has 1 fully saturated rings. The van der Waals surface area contributed by atoms with Crippen molar-refractivity contribution < 1.29 is 19.1 Å². The second-order valence-corrected chi connectivity index (χ2v) is 7.29. The molecular weight excluding hydrogens is 354 g/mol. The average Bonchev–Trinajstić information content (AvgIpc) is 3.02. The maximum absolute atomic E-state index is 12.2. The second-order valence-electron chi connectivity index (χ2n) is 7.29. The molecule has 0 bridgehead atoms. The van der Waals surface area contributed by atoms with Crippen molar-refractivity contribution in [2.45, 2.75) is 45.7 Å². The van der Waals surface area contributed by atoms with Crippen LogP contribution < -0.4 is 4.74 Å². The van der Waals surface area contributed by atoms with Gasteiger partial charge < -0.3 is 14.4 Å². The van der Waals surface area contributed by atoms with Gasteiger partial charge in [-0.25, -0.2) is 0 Å². The summed E-state index contributed by atoms with van der Waals surface area (Å²) in [7, 11) is 0. The predicted molar refractivity (Wildman–Crippen MR) is 107 cm³/mol. The first-order chi connectivity index (χ1) is 13.5. The Kier molecular flexibility index (Phi) is 6.69. The number of benzene rings is 2. The average molecular weight is 381 g/mol. The number of rotatable bonds is 8. The van der Waals surface area contributed by atoms with Crippen molar-refractivity contribution in [1.29, 1.82) is 0 Å². The van der Waals surface area contributed by atoms with Crippen molar-refractivity contribution in [1.82, 2.24) is 4.90 Å². The van der Waals surface area contributed by atoms with Crippen LogP contribution >= 0.6 is 0 Å². The molecule has 0 saturated carbocycles. The Morgan fingerprint density at radius 1 is 1.00 bits per heavy atom. The van der Waals surface area contributed by atoms with E-state index in [-0.39, 0.29) is 30.9 Å². The van der Waals surface area contributed by atoms with Crippen LogP contribution in [0, 0.1) is 13.8 Å². The molecule has 2 aromatic carbocycles. The second kappa shape index (κ2) is 9.40. The zero-order valence-electron chi connectivity index (χ0n) is 16.5. The van der Waals surface area contributed by atoms with Crippen LogP contribution in [0.25, 0.3) is 0 Å². The fourth-order valence-electron chi connectivity index (χ4n) is 3.31. The van der Waals surface area contributed by atoms with Crippen LogP contribution in [0.15, 0.2) is 48.5 Å². The molecular formula is C23H27NO4. The van der Waals surface area contributed by atoms with Crippen LogP contribution in [0.5, 0.6) is 5.75 Å². The maximum Gasteiger partial charge on any atom is 0.307 e. The third kappa shape index (κ3) is 5.59. The number of carbonyl (C=O) groups excluding carboxylic acids is 2. The van der Waals surface area contributed by atoms with E-state index in [2.05, 4.69) is 0 Å². The Morgan fingerprint density at radius 2 is 1.64 bits per heavy atom. The Balaban J connectivity index is 1.43. The van der Waals surface area contributed by atoms with Crippen LogP contribution in [0.2, 0.25) is 0 Å². The number of nitrogens with zero attached hydrogens (tertiary/aromatic N) is 1. The number of esters is 1. The molecule has 0 radical (unpaired) electrons. The van der Waals surface area contributed by atoms with E-state index in [4.69, 9.17) is 9.47 Å². The normalized spacial score (nSPS) is 16.3. The number of hydrogen-bond donors (Lipinski definition) is 0. The van der Waals surface area contributed by atoms with E-state index >= 15 is 0 Å². The summed E-state index contributed by atoms with van der Waals surface area (Å²) in [5.74, 6) is 0.564. The molecule has 0 aliphatic carbocycles. The van der Waals surface area contributed by atoms with Gasteiger partial charge in [0.1, 0.15) is 19.0 Å². The lowest BCUT2D eigenvalue weighted by atomic mass is 10.1. The number of carbonyl (C=O) groups is 2. The first-order valence-electron chi connectivity index (χ1n) is 9.71. The molecule has 2 aromatic rings. The number of ether oxygens (including phenoxy) is 2. The highest BCUT2D eigenvalue weighted by Gasteiger charge is 2.32. The van der Waals surface area contributed by atoms with Gasteiger partial charge in [-0.2, -0.15) is 0 Å². The van der Waals surface area contributed by atoms with Crippen LogP contribution in [0.4, 0.5) is 0 Å². The zero-order chi connectivity index (χ0) is 19.9. The third-order valence-corrected chi connectivity index (χ3v) is 4.96. The molecule has 0 N–H and O–H groups in total. The van der Waals surface area contributed by atoms with Crippen molar-refractivity contribution in [2.75, 3.05) is 13.2 Å². The van der Waals surface area contributed by atoms with Crippen molar-refractivity contribution in [2.24, 2.45) is 0 Å². The monoisotopic (exact) mass is 381 g/mol. The van der Waals surface area contributed by atoms with Gasteiger partial charge in [-0.3, -0.25) is 9.59 Å². The smallest absolute Gasteiger partial charge is 0.307 e. The summed E-state index contributed by atoms with van der Waals surface area (Å²) < 4.78 is 10.9. The van der Waals surface area contributed by atoms with Gasteiger partial charge in [0.25, 0.3) is 0 Å². The van der Waals surface area contributed by atoms with Gasteiger partial charge in [-0.05, 0) is 38.0 Å². The van der Waals surface area contributed by atoms with E-state index < -0.39 is 0 Å². The van der Waals surface area contributed by atoms with Gasteiger partial charge in [-0.15, -0.1) is 0 Å². The van der Waals surface area contributed by atoms with Gasteiger partial charge in [0.15, 0.2) is 0 Å². The van der Waals surface area contributed by atoms with E-state index in [1.165, 1.54) is 11.1 Å². The van der Waals surface area contributed by atoms with E-state index in [0.717, 1.165) is 11.3 Å². The highest BCUT2D eigenvalue weighted by molar-refractivity contribution is 5.80. The molecule has 0 aromatic heterocycles. The third-order valence-electron chi connectivity index (χ3n) is 4.96. The minimum atomic E-state index is -0.291.